The minimum Gasteiger partial charge on any atom is -0.501 e. The molecule has 0 radical (unpaired) electrons. The highest BCUT2D eigenvalue weighted by atomic mass is 16.5. The molecule has 0 fully saturated rings. The molecule has 0 aromatic rings. The van der Waals surface area contributed by atoms with Crippen molar-refractivity contribution in [1.29, 1.82) is 0 Å². The van der Waals surface area contributed by atoms with Gasteiger partial charge >= 0.3 is 5.97 Å². The maximum Gasteiger partial charge on any atom is 0.331 e. The van der Waals surface area contributed by atoms with Crippen LogP contribution in [0.25, 0.3) is 0 Å². The quantitative estimate of drug-likeness (QED) is 0.352. The summed E-state index contributed by atoms with van der Waals surface area (Å²) in [4.78, 5) is 9.90. The fourth-order valence-electron chi connectivity index (χ4n) is 0.461. The van der Waals surface area contributed by atoms with Crippen LogP contribution in [-0.4, -0.2) is 31.4 Å². The molecule has 0 saturated heterocycles. The van der Waals surface area contributed by atoms with E-state index in [-0.39, 0.29) is 0 Å². The molecule has 64 valence electrons. The molecule has 0 amide bonds. The van der Waals surface area contributed by atoms with Crippen molar-refractivity contribution < 1.29 is 19.4 Å². The molecule has 4 nitrogen and oxygen atoms in total. The molecule has 0 aromatic carbocycles. The summed E-state index contributed by atoms with van der Waals surface area (Å²) < 4.78 is 9.55. The molecular formula is C7H12O4. The lowest BCUT2D eigenvalue weighted by Crippen LogP contribution is -1.95. The van der Waals surface area contributed by atoms with E-state index in [0.717, 1.165) is 18.8 Å². The minimum atomic E-state index is -1.00. The lowest BCUT2D eigenvalue weighted by molar-refractivity contribution is -0.131. The zero-order chi connectivity index (χ0) is 8.53. The van der Waals surface area contributed by atoms with Crippen LogP contribution in [0.4, 0.5) is 0 Å². The van der Waals surface area contributed by atoms with Crippen LogP contribution in [0.5, 0.6) is 0 Å². The second kappa shape index (κ2) is 7.08. The van der Waals surface area contributed by atoms with Gasteiger partial charge in [-0.05, 0) is 0 Å². The molecule has 0 heterocycles. The molecule has 0 aromatic heterocycles. The van der Waals surface area contributed by atoms with Crippen molar-refractivity contribution in [2.75, 3.05) is 20.3 Å². The van der Waals surface area contributed by atoms with Crippen molar-refractivity contribution in [3.63, 3.8) is 0 Å². The van der Waals surface area contributed by atoms with Gasteiger partial charge in [-0.2, -0.15) is 0 Å². The standard InChI is InChI=1S/C7H12O4/c1-10-4-2-5-11-6-3-7(8)9/h3,6H,2,4-5H2,1H3,(H,8,9). The summed E-state index contributed by atoms with van der Waals surface area (Å²) in [7, 11) is 1.60. The normalized spacial score (nSPS) is 10.3. The Bertz CT molecular complexity index is 130. The highest BCUT2D eigenvalue weighted by Crippen LogP contribution is 1.84. The Morgan fingerprint density at radius 1 is 1.55 bits per heavy atom. The smallest absolute Gasteiger partial charge is 0.331 e. The first kappa shape index (κ1) is 9.97. The number of aliphatic carboxylic acids is 1. The van der Waals surface area contributed by atoms with Gasteiger partial charge in [-0.25, -0.2) is 4.79 Å². The van der Waals surface area contributed by atoms with E-state index < -0.39 is 5.97 Å². The number of methoxy groups -OCH3 is 1. The van der Waals surface area contributed by atoms with Gasteiger partial charge < -0.3 is 14.6 Å². The molecule has 0 bridgehead atoms. The second-order valence-corrected chi connectivity index (χ2v) is 1.86. The number of rotatable bonds is 6. The fraction of sp³-hybridized carbons (Fsp3) is 0.571. The largest absolute Gasteiger partial charge is 0.501 e. The Kier molecular flexibility index (Phi) is 6.42. The Labute approximate surface area is 65.4 Å². The molecular weight excluding hydrogens is 148 g/mol. The Morgan fingerprint density at radius 2 is 2.27 bits per heavy atom. The maximum atomic E-state index is 9.90. The van der Waals surface area contributed by atoms with Gasteiger partial charge in [0.05, 0.1) is 18.9 Å². The zero-order valence-corrected chi connectivity index (χ0v) is 6.45. The summed E-state index contributed by atoms with van der Waals surface area (Å²) in [6.07, 6.45) is 2.88. The average Bonchev–Trinajstić information content (AvgIpc) is 1.96. The van der Waals surface area contributed by atoms with Crippen LogP contribution in [0.2, 0.25) is 0 Å². The van der Waals surface area contributed by atoms with Crippen molar-refractivity contribution >= 4 is 5.97 Å². The Hall–Kier alpha value is -1.03. The van der Waals surface area contributed by atoms with E-state index in [1.54, 1.807) is 7.11 Å². The Morgan fingerprint density at radius 3 is 2.82 bits per heavy atom. The number of hydrogen-bond donors (Lipinski definition) is 1. The molecule has 0 aliphatic rings. The maximum absolute atomic E-state index is 9.90. The van der Waals surface area contributed by atoms with Crippen LogP contribution >= 0.6 is 0 Å². The molecule has 4 heteroatoms. The first-order valence-electron chi connectivity index (χ1n) is 3.27. The first-order chi connectivity index (χ1) is 5.27. The fourth-order valence-corrected chi connectivity index (χ4v) is 0.461. The SMILES string of the molecule is COCCCOC=CC(=O)O. The van der Waals surface area contributed by atoms with Crippen molar-refractivity contribution in [3.8, 4) is 0 Å². The van der Waals surface area contributed by atoms with Crippen molar-refractivity contribution in [1.82, 2.24) is 0 Å². The van der Waals surface area contributed by atoms with Crippen molar-refractivity contribution in [3.05, 3.63) is 12.3 Å². The number of hydrogen-bond acceptors (Lipinski definition) is 3. The summed E-state index contributed by atoms with van der Waals surface area (Å²) in [5.74, 6) is -1.00. The minimum absolute atomic E-state index is 0.484. The van der Waals surface area contributed by atoms with Gasteiger partial charge in [-0.1, -0.05) is 0 Å². The number of carboxylic acids is 1. The van der Waals surface area contributed by atoms with Gasteiger partial charge in [0.25, 0.3) is 0 Å². The highest BCUT2D eigenvalue weighted by molar-refractivity contribution is 5.79. The van der Waals surface area contributed by atoms with Gasteiger partial charge in [0.15, 0.2) is 0 Å². The van der Waals surface area contributed by atoms with E-state index in [4.69, 9.17) is 14.6 Å². The van der Waals surface area contributed by atoms with E-state index in [1.165, 1.54) is 0 Å². The molecule has 0 spiro atoms. The average molecular weight is 160 g/mol. The summed E-state index contributed by atoms with van der Waals surface area (Å²) in [6, 6.07) is 0. The summed E-state index contributed by atoms with van der Waals surface area (Å²) >= 11 is 0. The molecule has 0 rings (SSSR count). The molecule has 0 unspecified atom stereocenters. The van der Waals surface area contributed by atoms with Crippen LogP contribution in [0, 0.1) is 0 Å². The molecule has 0 aliphatic heterocycles. The third kappa shape index (κ3) is 8.97. The van der Waals surface area contributed by atoms with Gasteiger partial charge in [-0.3, -0.25) is 0 Å². The lowest BCUT2D eigenvalue weighted by atomic mass is 10.5. The van der Waals surface area contributed by atoms with Crippen LogP contribution in [0.15, 0.2) is 12.3 Å². The van der Waals surface area contributed by atoms with E-state index in [2.05, 4.69) is 0 Å². The monoisotopic (exact) mass is 160 g/mol. The first-order valence-corrected chi connectivity index (χ1v) is 3.27. The van der Waals surface area contributed by atoms with E-state index in [9.17, 15) is 4.79 Å². The van der Waals surface area contributed by atoms with Crippen LogP contribution in [-0.2, 0) is 14.3 Å². The van der Waals surface area contributed by atoms with Gasteiger partial charge in [0.2, 0.25) is 0 Å². The molecule has 1 N–H and O–H groups in total. The van der Waals surface area contributed by atoms with Gasteiger partial charge in [0, 0.05) is 20.1 Å². The third-order valence-electron chi connectivity index (χ3n) is 0.917. The predicted molar refractivity (Wildman–Crippen MR) is 39.2 cm³/mol. The van der Waals surface area contributed by atoms with Crippen molar-refractivity contribution in [2.45, 2.75) is 6.42 Å². The summed E-state index contributed by atoms with van der Waals surface area (Å²) in [5.41, 5.74) is 0. The molecule has 0 saturated carbocycles. The van der Waals surface area contributed by atoms with Gasteiger partial charge in [-0.15, -0.1) is 0 Å². The topological polar surface area (TPSA) is 55.8 Å². The van der Waals surface area contributed by atoms with E-state index >= 15 is 0 Å². The van der Waals surface area contributed by atoms with Gasteiger partial charge in [0.1, 0.15) is 0 Å². The van der Waals surface area contributed by atoms with Crippen LogP contribution in [0.3, 0.4) is 0 Å². The Balaban J connectivity index is 3.07. The second-order valence-electron chi connectivity index (χ2n) is 1.86. The number of ether oxygens (including phenoxy) is 2. The predicted octanol–water partition coefficient (Wildman–Crippen LogP) is 0.638. The lowest BCUT2D eigenvalue weighted by Gasteiger charge is -1.97. The summed E-state index contributed by atoms with van der Waals surface area (Å²) in [5, 5.41) is 8.12. The van der Waals surface area contributed by atoms with Crippen LogP contribution < -0.4 is 0 Å². The third-order valence-corrected chi connectivity index (χ3v) is 0.917. The zero-order valence-electron chi connectivity index (χ0n) is 6.45. The molecule has 11 heavy (non-hydrogen) atoms. The van der Waals surface area contributed by atoms with Crippen LogP contribution in [0.1, 0.15) is 6.42 Å². The number of carbonyl (C=O) groups is 1. The van der Waals surface area contributed by atoms with E-state index in [1.807, 2.05) is 0 Å². The van der Waals surface area contributed by atoms with Crippen molar-refractivity contribution in [2.24, 2.45) is 0 Å². The molecule has 0 atom stereocenters. The highest BCUT2D eigenvalue weighted by Gasteiger charge is 1.86. The number of carboxylic acid groups (broad SMARTS) is 1. The summed E-state index contributed by atoms with van der Waals surface area (Å²) in [6.45, 7) is 1.11. The van der Waals surface area contributed by atoms with E-state index in [0.29, 0.717) is 13.2 Å². The molecule has 0 aliphatic carbocycles.